The predicted octanol–water partition coefficient (Wildman–Crippen LogP) is 4.34. The topological polar surface area (TPSA) is 72.8 Å². The van der Waals surface area contributed by atoms with Crippen molar-refractivity contribution in [2.75, 3.05) is 13.7 Å². The van der Waals surface area contributed by atoms with E-state index in [0.717, 1.165) is 49.9 Å². The summed E-state index contributed by atoms with van der Waals surface area (Å²) in [5.74, 6) is 1.83. The molecule has 0 unspecified atom stereocenters. The smallest absolute Gasteiger partial charge is 0.303 e. The summed E-state index contributed by atoms with van der Waals surface area (Å²) < 4.78 is 11.4. The van der Waals surface area contributed by atoms with Gasteiger partial charge in [-0.1, -0.05) is 13.8 Å². The van der Waals surface area contributed by atoms with Crippen LogP contribution in [0.1, 0.15) is 72.6 Å². The van der Waals surface area contributed by atoms with E-state index in [9.17, 15) is 14.7 Å². The van der Waals surface area contributed by atoms with E-state index in [1.54, 1.807) is 14.0 Å². The molecule has 2 fully saturated rings. The van der Waals surface area contributed by atoms with E-state index in [-0.39, 0.29) is 29.2 Å². The van der Waals surface area contributed by atoms with Gasteiger partial charge in [-0.25, -0.2) is 0 Å². The summed E-state index contributed by atoms with van der Waals surface area (Å²) >= 11 is 0. The first kappa shape index (κ1) is 21.6. The van der Waals surface area contributed by atoms with Crippen LogP contribution in [0.4, 0.5) is 0 Å². The number of aliphatic hydroxyl groups excluding tert-OH is 1. The van der Waals surface area contributed by atoms with E-state index in [1.165, 1.54) is 12.5 Å². The van der Waals surface area contributed by atoms with Gasteiger partial charge in [0.25, 0.3) is 0 Å². The van der Waals surface area contributed by atoms with Crippen LogP contribution in [-0.4, -0.2) is 36.2 Å². The van der Waals surface area contributed by atoms with Crippen molar-refractivity contribution in [3.8, 4) is 0 Å². The van der Waals surface area contributed by atoms with Gasteiger partial charge in [0.05, 0.1) is 19.5 Å². The fraction of sp³-hybridized carbons (Fsp3) is 0.760. The van der Waals surface area contributed by atoms with E-state index < -0.39 is 5.60 Å². The van der Waals surface area contributed by atoms with Crippen molar-refractivity contribution in [1.29, 1.82) is 0 Å². The number of hydrogen-bond acceptors (Lipinski definition) is 5. The van der Waals surface area contributed by atoms with Crippen molar-refractivity contribution in [3.63, 3.8) is 0 Å². The van der Waals surface area contributed by atoms with Crippen LogP contribution >= 0.6 is 0 Å². The van der Waals surface area contributed by atoms with Gasteiger partial charge in [0.2, 0.25) is 0 Å². The molecule has 166 valence electrons. The molecule has 5 heteroatoms. The third kappa shape index (κ3) is 2.77. The van der Waals surface area contributed by atoms with Crippen molar-refractivity contribution in [1.82, 2.24) is 0 Å². The van der Waals surface area contributed by atoms with E-state index in [0.29, 0.717) is 24.2 Å². The molecule has 0 radical (unpaired) electrons. The Morgan fingerprint density at radius 2 is 1.83 bits per heavy atom. The molecule has 0 aliphatic heterocycles. The molecule has 4 aliphatic carbocycles. The van der Waals surface area contributed by atoms with Gasteiger partial charge in [-0.3, -0.25) is 9.59 Å². The van der Waals surface area contributed by atoms with Crippen LogP contribution in [0, 0.1) is 28.6 Å². The molecule has 4 aliphatic rings. The highest BCUT2D eigenvalue weighted by Gasteiger charge is 2.67. The lowest BCUT2D eigenvalue weighted by Crippen LogP contribution is -2.58. The number of esters is 1. The Kier molecular flexibility index (Phi) is 5.20. The van der Waals surface area contributed by atoms with Crippen LogP contribution in [0.2, 0.25) is 0 Å². The maximum Gasteiger partial charge on any atom is 0.303 e. The predicted molar refractivity (Wildman–Crippen MR) is 113 cm³/mol. The lowest BCUT2D eigenvalue weighted by molar-refractivity contribution is -0.186. The minimum absolute atomic E-state index is 0.0211. The second-order valence-electron chi connectivity index (χ2n) is 10.5. The van der Waals surface area contributed by atoms with Crippen molar-refractivity contribution in [2.24, 2.45) is 28.6 Å². The summed E-state index contributed by atoms with van der Waals surface area (Å²) in [6, 6.07) is 0. The van der Waals surface area contributed by atoms with Crippen molar-refractivity contribution >= 4 is 11.8 Å². The lowest BCUT2D eigenvalue weighted by Gasteiger charge is -2.59. The summed E-state index contributed by atoms with van der Waals surface area (Å²) in [5.41, 5.74) is 1.06. The molecule has 0 bridgehead atoms. The molecular formula is C25H36O5. The van der Waals surface area contributed by atoms with Gasteiger partial charge in [-0.2, -0.15) is 0 Å². The molecule has 0 amide bonds. The molecule has 5 nitrogen and oxygen atoms in total. The average Bonchev–Trinajstić information content (AvgIpc) is 3.00. The zero-order chi connectivity index (χ0) is 21.9. The number of methoxy groups -OCH3 is 1. The number of Topliss-reactive ketones (excluding diaryl/α,β-unsaturated/α-hetero) is 1. The highest BCUT2D eigenvalue weighted by Crippen LogP contribution is 2.68. The van der Waals surface area contributed by atoms with E-state index >= 15 is 0 Å². The molecule has 1 N–H and O–H groups in total. The fourth-order valence-corrected chi connectivity index (χ4v) is 7.94. The minimum atomic E-state index is -1.01. The third-order valence-electron chi connectivity index (χ3n) is 9.39. The van der Waals surface area contributed by atoms with Gasteiger partial charge in [0, 0.05) is 18.8 Å². The molecule has 0 spiro atoms. The first-order valence-corrected chi connectivity index (χ1v) is 11.4. The number of hydrogen-bond donors (Lipinski definition) is 1. The lowest BCUT2D eigenvalue weighted by atomic mass is 9.46. The Balaban J connectivity index is 1.77. The van der Waals surface area contributed by atoms with Gasteiger partial charge >= 0.3 is 5.97 Å². The maximum atomic E-state index is 12.9. The molecule has 2 saturated carbocycles. The molecular weight excluding hydrogens is 380 g/mol. The normalized spacial score (nSPS) is 42.6. The molecule has 30 heavy (non-hydrogen) atoms. The van der Waals surface area contributed by atoms with Crippen LogP contribution in [-0.2, 0) is 19.1 Å². The summed E-state index contributed by atoms with van der Waals surface area (Å²) in [4.78, 5) is 24.8. The number of rotatable bonds is 4. The Morgan fingerprint density at radius 1 is 1.13 bits per heavy atom. The van der Waals surface area contributed by atoms with Crippen molar-refractivity contribution in [2.45, 2.75) is 78.2 Å². The van der Waals surface area contributed by atoms with E-state index in [1.807, 2.05) is 0 Å². The number of carbonyl (C=O) groups excluding carboxylic acids is 2. The van der Waals surface area contributed by atoms with E-state index in [4.69, 9.17) is 9.47 Å². The standard InChI is InChI=1S/C25H36O5/c1-15(27)25(30-16(2)28)11-8-21-19-12-17(14-26)22-13-18(29-5)6-9-23(22,3)20(19)7-10-24(21,25)4/h13,19-21,26H,6-12,14H2,1-5H3/t19-,20+,21+,23-,24-,25+/m1/s1. The van der Waals surface area contributed by atoms with Gasteiger partial charge in [0.15, 0.2) is 11.4 Å². The fourth-order valence-electron chi connectivity index (χ4n) is 7.94. The number of carbonyl (C=O) groups is 2. The third-order valence-corrected chi connectivity index (χ3v) is 9.39. The molecule has 6 atom stereocenters. The maximum absolute atomic E-state index is 12.9. The Hall–Kier alpha value is -1.62. The van der Waals surface area contributed by atoms with Crippen LogP contribution in [0.15, 0.2) is 23.0 Å². The van der Waals surface area contributed by atoms with Gasteiger partial charge in [-0.05, 0) is 85.8 Å². The van der Waals surface area contributed by atoms with Gasteiger partial charge < -0.3 is 14.6 Å². The number of ketones is 1. The highest BCUT2D eigenvalue weighted by atomic mass is 16.6. The van der Waals surface area contributed by atoms with Crippen LogP contribution < -0.4 is 0 Å². The highest BCUT2D eigenvalue weighted by molar-refractivity contribution is 5.89. The number of fused-ring (bicyclic) bond motifs is 5. The SMILES string of the molecule is COC1=CC2=C(CO)C[C@@H]3[C@H](CC[C@]4(C)[C@H]3CC[C@]4(OC(C)=O)C(C)=O)[C@@]2(C)CC1. The van der Waals surface area contributed by atoms with Gasteiger partial charge in [0.1, 0.15) is 0 Å². The van der Waals surface area contributed by atoms with E-state index in [2.05, 4.69) is 19.9 Å². The van der Waals surface area contributed by atoms with Crippen LogP contribution in [0.25, 0.3) is 0 Å². The molecule has 0 aromatic heterocycles. The monoisotopic (exact) mass is 416 g/mol. The van der Waals surface area contributed by atoms with Crippen LogP contribution in [0.5, 0.6) is 0 Å². The Bertz CT molecular complexity index is 825. The molecule has 0 heterocycles. The number of allylic oxidation sites excluding steroid dienone is 3. The quantitative estimate of drug-likeness (QED) is 0.690. The summed E-state index contributed by atoms with van der Waals surface area (Å²) in [6.45, 7) is 7.59. The summed E-state index contributed by atoms with van der Waals surface area (Å²) in [5, 5.41) is 10.3. The van der Waals surface area contributed by atoms with Crippen molar-refractivity contribution < 1.29 is 24.2 Å². The zero-order valence-electron chi connectivity index (χ0n) is 19.0. The zero-order valence-corrected chi connectivity index (χ0v) is 19.0. The molecule has 0 aromatic carbocycles. The number of ether oxygens (including phenoxy) is 2. The van der Waals surface area contributed by atoms with Crippen molar-refractivity contribution in [3.05, 3.63) is 23.0 Å². The molecule has 0 aromatic rings. The Morgan fingerprint density at radius 3 is 2.43 bits per heavy atom. The first-order chi connectivity index (χ1) is 14.1. The molecule has 4 rings (SSSR count). The molecule has 0 saturated heterocycles. The largest absolute Gasteiger partial charge is 0.501 e. The summed E-state index contributed by atoms with van der Waals surface area (Å²) in [7, 11) is 1.72. The summed E-state index contributed by atoms with van der Waals surface area (Å²) in [6.07, 6.45) is 8.39. The number of aliphatic hydroxyl groups is 1. The Labute approximate surface area is 179 Å². The second-order valence-corrected chi connectivity index (χ2v) is 10.5. The minimum Gasteiger partial charge on any atom is -0.501 e. The van der Waals surface area contributed by atoms with Crippen LogP contribution in [0.3, 0.4) is 0 Å². The van der Waals surface area contributed by atoms with Gasteiger partial charge in [-0.15, -0.1) is 0 Å². The first-order valence-electron chi connectivity index (χ1n) is 11.4. The average molecular weight is 417 g/mol. The second kappa shape index (κ2) is 7.22.